The SMILES string of the molecule is CC.CC(C)Cc1cn[nH]c1. The first-order chi connectivity index (χ1) is 5.29. The lowest BCUT2D eigenvalue weighted by molar-refractivity contribution is 0.647. The molecule has 1 N–H and O–H groups in total. The van der Waals surface area contributed by atoms with Gasteiger partial charge in [-0.15, -0.1) is 0 Å². The van der Waals surface area contributed by atoms with Crippen LogP contribution in [0.4, 0.5) is 0 Å². The number of nitrogens with one attached hydrogen (secondary N) is 1. The van der Waals surface area contributed by atoms with Crippen molar-refractivity contribution in [1.29, 1.82) is 0 Å². The Morgan fingerprint density at radius 3 is 2.45 bits per heavy atom. The van der Waals surface area contributed by atoms with Gasteiger partial charge in [-0.3, -0.25) is 5.10 Å². The number of hydrogen-bond acceptors (Lipinski definition) is 1. The van der Waals surface area contributed by atoms with E-state index >= 15 is 0 Å². The summed E-state index contributed by atoms with van der Waals surface area (Å²) >= 11 is 0. The summed E-state index contributed by atoms with van der Waals surface area (Å²) in [4.78, 5) is 0. The highest BCUT2D eigenvalue weighted by atomic mass is 15.1. The van der Waals surface area contributed by atoms with Crippen LogP contribution < -0.4 is 0 Å². The summed E-state index contributed by atoms with van der Waals surface area (Å²) < 4.78 is 0. The van der Waals surface area contributed by atoms with Gasteiger partial charge in [-0.05, 0) is 17.9 Å². The highest BCUT2D eigenvalue weighted by Crippen LogP contribution is 2.03. The summed E-state index contributed by atoms with van der Waals surface area (Å²) in [5.41, 5.74) is 1.30. The van der Waals surface area contributed by atoms with Crippen molar-refractivity contribution in [2.45, 2.75) is 34.1 Å². The first-order valence-corrected chi connectivity index (χ1v) is 4.26. The maximum Gasteiger partial charge on any atom is 0.0519 e. The van der Waals surface area contributed by atoms with Crippen molar-refractivity contribution in [3.8, 4) is 0 Å². The fourth-order valence-electron chi connectivity index (χ4n) is 0.861. The van der Waals surface area contributed by atoms with Crippen molar-refractivity contribution in [3.63, 3.8) is 0 Å². The van der Waals surface area contributed by atoms with Crippen LogP contribution in [-0.2, 0) is 6.42 Å². The molecule has 1 heterocycles. The molecule has 0 aliphatic heterocycles. The molecule has 0 aliphatic carbocycles. The summed E-state index contributed by atoms with van der Waals surface area (Å²) in [6.45, 7) is 8.40. The topological polar surface area (TPSA) is 28.7 Å². The second-order valence-electron chi connectivity index (χ2n) is 2.70. The fraction of sp³-hybridized carbons (Fsp3) is 0.667. The minimum atomic E-state index is 0.725. The van der Waals surface area contributed by atoms with E-state index in [1.54, 1.807) is 0 Å². The molecule has 0 radical (unpaired) electrons. The largest absolute Gasteiger partial charge is 0.285 e. The molecule has 11 heavy (non-hydrogen) atoms. The zero-order chi connectivity index (χ0) is 8.69. The summed E-state index contributed by atoms with van der Waals surface area (Å²) in [6.07, 6.45) is 4.94. The van der Waals surface area contributed by atoms with Gasteiger partial charge < -0.3 is 0 Å². The minimum absolute atomic E-state index is 0.725. The van der Waals surface area contributed by atoms with Crippen LogP contribution in [0.5, 0.6) is 0 Å². The molecule has 0 aromatic carbocycles. The second kappa shape index (κ2) is 5.96. The van der Waals surface area contributed by atoms with Crippen LogP contribution in [0.3, 0.4) is 0 Å². The van der Waals surface area contributed by atoms with Gasteiger partial charge in [0.25, 0.3) is 0 Å². The van der Waals surface area contributed by atoms with Crippen molar-refractivity contribution < 1.29 is 0 Å². The second-order valence-corrected chi connectivity index (χ2v) is 2.70. The number of aromatic nitrogens is 2. The molecule has 0 bridgehead atoms. The van der Waals surface area contributed by atoms with Gasteiger partial charge in [0.2, 0.25) is 0 Å². The number of nitrogens with zero attached hydrogens (tertiary/aromatic N) is 1. The quantitative estimate of drug-likeness (QED) is 0.697. The molecular weight excluding hydrogens is 136 g/mol. The minimum Gasteiger partial charge on any atom is -0.285 e. The third kappa shape index (κ3) is 4.59. The first kappa shape index (κ1) is 10.2. The average Bonchev–Trinajstić information content (AvgIpc) is 2.43. The molecule has 0 aliphatic rings. The predicted octanol–water partition coefficient (Wildman–Crippen LogP) is 2.63. The van der Waals surface area contributed by atoms with E-state index in [1.807, 2.05) is 26.2 Å². The molecule has 0 unspecified atom stereocenters. The highest BCUT2D eigenvalue weighted by Gasteiger charge is 1.96. The monoisotopic (exact) mass is 154 g/mol. The Morgan fingerprint density at radius 1 is 1.45 bits per heavy atom. The summed E-state index contributed by atoms with van der Waals surface area (Å²) in [5.74, 6) is 0.725. The Kier molecular flexibility index (Phi) is 5.53. The third-order valence-corrected chi connectivity index (χ3v) is 1.20. The van der Waals surface area contributed by atoms with Gasteiger partial charge in [0.05, 0.1) is 6.20 Å². The Morgan fingerprint density at radius 2 is 2.09 bits per heavy atom. The molecule has 0 saturated heterocycles. The van der Waals surface area contributed by atoms with Gasteiger partial charge >= 0.3 is 0 Å². The molecule has 0 fully saturated rings. The van der Waals surface area contributed by atoms with Crippen LogP contribution in [0.15, 0.2) is 12.4 Å². The Balaban J connectivity index is 0.000000461. The van der Waals surface area contributed by atoms with Crippen molar-refractivity contribution in [2.75, 3.05) is 0 Å². The number of hydrogen-bond donors (Lipinski definition) is 1. The van der Waals surface area contributed by atoms with E-state index in [-0.39, 0.29) is 0 Å². The Bertz CT molecular complexity index is 154. The average molecular weight is 154 g/mol. The molecule has 0 saturated carbocycles. The van der Waals surface area contributed by atoms with Gasteiger partial charge in [0, 0.05) is 6.20 Å². The molecule has 1 aromatic heterocycles. The predicted molar refractivity (Wildman–Crippen MR) is 48.5 cm³/mol. The molecule has 1 rings (SSSR count). The van der Waals surface area contributed by atoms with E-state index in [0.29, 0.717) is 0 Å². The lowest BCUT2D eigenvalue weighted by atomic mass is 10.1. The van der Waals surface area contributed by atoms with Crippen LogP contribution in [0.1, 0.15) is 33.3 Å². The molecule has 2 nitrogen and oxygen atoms in total. The molecule has 1 aromatic rings. The summed E-state index contributed by atoms with van der Waals surface area (Å²) in [7, 11) is 0. The van der Waals surface area contributed by atoms with E-state index in [4.69, 9.17) is 0 Å². The standard InChI is InChI=1S/C7H12N2.C2H6/c1-6(2)3-7-4-8-9-5-7;1-2/h4-6H,3H2,1-2H3,(H,8,9);1-2H3. The van der Waals surface area contributed by atoms with E-state index < -0.39 is 0 Å². The van der Waals surface area contributed by atoms with Gasteiger partial charge in [-0.2, -0.15) is 5.10 Å². The van der Waals surface area contributed by atoms with E-state index in [0.717, 1.165) is 12.3 Å². The highest BCUT2D eigenvalue weighted by molar-refractivity contribution is 5.02. The van der Waals surface area contributed by atoms with Gasteiger partial charge in [-0.25, -0.2) is 0 Å². The van der Waals surface area contributed by atoms with Crippen LogP contribution in [-0.4, -0.2) is 10.2 Å². The van der Waals surface area contributed by atoms with E-state index in [2.05, 4.69) is 24.0 Å². The Hall–Kier alpha value is -0.790. The van der Waals surface area contributed by atoms with Crippen molar-refractivity contribution in [1.82, 2.24) is 10.2 Å². The van der Waals surface area contributed by atoms with Crippen molar-refractivity contribution in [3.05, 3.63) is 18.0 Å². The molecule has 0 atom stereocenters. The molecule has 64 valence electrons. The van der Waals surface area contributed by atoms with Crippen LogP contribution in [0, 0.1) is 5.92 Å². The zero-order valence-electron chi connectivity index (χ0n) is 7.89. The maximum atomic E-state index is 3.85. The summed E-state index contributed by atoms with van der Waals surface area (Å²) in [6, 6.07) is 0. The Labute approximate surface area is 69.0 Å². The van der Waals surface area contributed by atoms with Crippen LogP contribution in [0.2, 0.25) is 0 Å². The number of H-pyrrole nitrogens is 1. The third-order valence-electron chi connectivity index (χ3n) is 1.20. The lowest BCUT2D eigenvalue weighted by Crippen LogP contribution is -1.90. The fourth-order valence-corrected chi connectivity index (χ4v) is 0.861. The first-order valence-electron chi connectivity index (χ1n) is 4.26. The molecular formula is C9H18N2. The zero-order valence-corrected chi connectivity index (χ0v) is 7.89. The van der Waals surface area contributed by atoms with E-state index in [1.165, 1.54) is 5.56 Å². The van der Waals surface area contributed by atoms with Crippen LogP contribution >= 0.6 is 0 Å². The summed E-state index contributed by atoms with van der Waals surface area (Å²) in [5, 5.41) is 6.64. The van der Waals surface area contributed by atoms with Gasteiger partial charge in [0.15, 0.2) is 0 Å². The van der Waals surface area contributed by atoms with E-state index in [9.17, 15) is 0 Å². The molecule has 0 spiro atoms. The molecule has 2 heteroatoms. The maximum absolute atomic E-state index is 3.85. The smallest absolute Gasteiger partial charge is 0.0519 e. The van der Waals surface area contributed by atoms with Crippen molar-refractivity contribution >= 4 is 0 Å². The number of rotatable bonds is 2. The number of aromatic amines is 1. The lowest BCUT2D eigenvalue weighted by Gasteiger charge is -1.98. The van der Waals surface area contributed by atoms with Crippen LogP contribution in [0.25, 0.3) is 0 Å². The normalized spacial score (nSPS) is 9.18. The van der Waals surface area contributed by atoms with Gasteiger partial charge in [-0.1, -0.05) is 27.7 Å². The molecule has 0 amide bonds. The van der Waals surface area contributed by atoms with Gasteiger partial charge in [0.1, 0.15) is 0 Å². The van der Waals surface area contributed by atoms with Crippen molar-refractivity contribution in [2.24, 2.45) is 5.92 Å².